The van der Waals surface area contributed by atoms with E-state index in [2.05, 4.69) is 18.3 Å². The summed E-state index contributed by atoms with van der Waals surface area (Å²) in [6, 6.07) is 8.11. The third kappa shape index (κ3) is 5.95. The Morgan fingerprint density at radius 3 is 2.65 bits per heavy atom. The fraction of sp³-hybridized carbons (Fsp3) is 0.562. The molecule has 0 radical (unpaired) electrons. The van der Waals surface area contributed by atoms with Crippen molar-refractivity contribution in [2.75, 3.05) is 18.9 Å². The summed E-state index contributed by atoms with van der Waals surface area (Å²) in [5, 5.41) is 3.34. The lowest BCUT2D eigenvalue weighted by atomic mass is 10.2. The number of rotatable bonds is 5. The lowest BCUT2D eigenvalue weighted by Crippen LogP contribution is -2.33. The van der Waals surface area contributed by atoms with Crippen LogP contribution in [0.25, 0.3) is 0 Å². The number of nitrogens with one attached hydrogen (secondary N) is 1. The van der Waals surface area contributed by atoms with Gasteiger partial charge in [0.25, 0.3) is 0 Å². The van der Waals surface area contributed by atoms with Gasteiger partial charge in [-0.25, -0.2) is 4.79 Å². The molecule has 0 saturated heterocycles. The van der Waals surface area contributed by atoms with Crippen molar-refractivity contribution in [3.63, 3.8) is 0 Å². The Kier molecular flexibility index (Phi) is 5.86. The summed E-state index contributed by atoms with van der Waals surface area (Å²) in [5.74, 6) is 0. The molecule has 1 N–H and O–H groups in total. The predicted molar refractivity (Wildman–Crippen MR) is 82.9 cm³/mol. The summed E-state index contributed by atoms with van der Waals surface area (Å²) in [7, 11) is 1.75. The van der Waals surface area contributed by atoms with Crippen LogP contribution in [0.3, 0.4) is 0 Å². The molecule has 1 aromatic rings. The summed E-state index contributed by atoms with van der Waals surface area (Å²) < 4.78 is 5.34. The second kappa shape index (κ2) is 7.17. The first-order chi connectivity index (χ1) is 9.31. The van der Waals surface area contributed by atoms with Gasteiger partial charge in [0, 0.05) is 25.8 Å². The van der Waals surface area contributed by atoms with Crippen LogP contribution in [0.1, 0.15) is 39.7 Å². The Labute approximate surface area is 122 Å². The van der Waals surface area contributed by atoms with Crippen LogP contribution in [0.2, 0.25) is 0 Å². The van der Waals surface area contributed by atoms with Crippen LogP contribution < -0.4 is 5.32 Å². The molecule has 20 heavy (non-hydrogen) atoms. The van der Waals surface area contributed by atoms with Crippen molar-refractivity contribution in [3.8, 4) is 0 Å². The van der Waals surface area contributed by atoms with E-state index in [1.54, 1.807) is 11.9 Å². The first-order valence-corrected chi connectivity index (χ1v) is 7.09. The number of carbonyl (C=O) groups is 1. The molecule has 0 unspecified atom stereocenters. The van der Waals surface area contributed by atoms with E-state index in [0.717, 1.165) is 24.2 Å². The van der Waals surface area contributed by atoms with Crippen molar-refractivity contribution in [2.24, 2.45) is 0 Å². The van der Waals surface area contributed by atoms with Crippen LogP contribution in [0, 0.1) is 0 Å². The second-order valence-electron chi connectivity index (χ2n) is 5.96. The van der Waals surface area contributed by atoms with Crippen molar-refractivity contribution >= 4 is 11.8 Å². The number of hydrogen-bond donors (Lipinski definition) is 1. The van der Waals surface area contributed by atoms with E-state index in [1.807, 2.05) is 39.0 Å². The Hall–Kier alpha value is -1.71. The van der Waals surface area contributed by atoms with Gasteiger partial charge < -0.3 is 15.0 Å². The maximum absolute atomic E-state index is 11.9. The molecule has 4 heteroatoms. The number of nitrogens with zero attached hydrogens (tertiary/aromatic N) is 1. The third-order valence-electron chi connectivity index (χ3n) is 2.63. The molecule has 0 atom stereocenters. The van der Waals surface area contributed by atoms with E-state index >= 15 is 0 Å². The topological polar surface area (TPSA) is 41.6 Å². The highest BCUT2D eigenvalue weighted by Gasteiger charge is 2.19. The molecule has 0 aliphatic carbocycles. The quantitative estimate of drug-likeness (QED) is 0.888. The monoisotopic (exact) mass is 278 g/mol. The van der Waals surface area contributed by atoms with Crippen LogP contribution in [0.5, 0.6) is 0 Å². The Morgan fingerprint density at radius 2 is 2.05 bits per heavy atom. The first-order valence-electron chi connectivity index (χ1n) is 7.09. The first kappa shape index (κ1) is 16.3. The molecule has 0 fully saturated rings. The molecule has 0 spiro atoms. The SMILES string of the molecule is CCCNc1cccc(CN(C)C(=O)OC(C)(C)C)c1. The van der Waals surface area contributed by atoms with E-state index in [0.29, 0.717) is 6.54 Å². The zero-order valence-corrected chi connectivity index (χ0v) is 13.2. The molecule has 112 valence electrons. The molecule has 0 aliphatic heterocycles. The van der Waals surface area contributed by atoms with Gasteiger partial charge in [-0.05, 0) is 44.9 Å². The standard InChI is InChI=1S/C16H26N2O2/c1-6-10-17-14-9-7-8-13(11-14)12-18(5)15(19)20-16(2,3)4/h7-9,11,17H,6,10,12H2,1-5H3. The summed E-state index contributed by atoms with van der Waals surface area (Å²) in [6.45, 7) is 9.23. The number of benzene rings is 1. The smallest absolute Gasteiger partial charge is 0.410 e. The van der Waals surface area contributed by atoms with Crippen molar-refractivity contribution in [1.29, 1.82) is 0 Å². The van der Waals surface area contributed by atoms with Gasteiger partial charge in [-0.2, -0.15) is 0 Å². The fourth-order valence-corrected chi connectivity index (χ4v) is 1.73. The van der Waals surface area contributed by atoms with Gasteiger partial charge >= 0.3 is 6.09 Å². The molecular weight excluding hydrogens is 252 g/mol. The van der Waals surface area contributed by atoms with Crippen molar-refractivity contribution in [3.05, 3.63) is 29.8 Å². The number of ether oxygens (including phenoxy) is 1. The molecule has 1 aromatic carbocycles. The Balaban J connectivity index is 2.61. The zero-order valence-electron chi connectivity index (χ0n) is 13.2. The number of amides is 1. The van der Waals surface area contributed by atoms with Gasteiger partial charge in [0.05, 0.1) is 0 Å². The van der Waals surface area contributed by atoms with E-state index in [9.17, 15) is 4.79 Å². The molecular formula is C16H26N2O2. The second-order valence-corrected chi connectivity index (χ2v) is 5.96. The van der Waals surface area contributed by atoms with Gasteiger partial charge in [-0.1, -0.05) is 19.1 Å². The average molecular weight is 278 g/mol. The normalized spacial score (nSPS) is 11.1. The lowest BCUT2D eigenvalue weighted by molar-refractivity contribution is 0.0285. The van der Waals surface area contributed by atoms with E-state index in [-0.39, 0.29) is 6.09 Å². The lowest BCUT2D eigenvalue weighted by Gasteiger charge is -2.24. The highest BCUT2D eigenvalue weighted by atomic mass is 16.6. The largest absolute Gasteiger partial charge is 0.444 e. The van der Waals surface area contributed by atoms with Crippen molar-refractivity contribution in [2.45, 2.75) is 46.3 Å². The number of hydrogen-bond acceptors (Lipinski definition) is 3. The van der Waals surface area contributed by atoms with E-state index in [1.165, 1.54) is 0 Å². The highest BCUT2D eigenvalue weighted by Crippen LogP contribution is 2.14. The average Bonchev–Trinajstić information content (AvgIpc) is 2.34. The zero-order chi connectivity index (χ0) is 15.2. The van der Waals surface area contributed by atoms with Crippen LogP contribution in [0.4, 0.5) is 10.5 Å². The molecule has 0 saturated carbocycles. The minimum Gasteiger partial charge on any atom is -0.444 e. The maximum atomic E-state index is 11.9. The van der Waals surface area contributed by atoms with Crippen LogP contribution >= 0.6 is 0 Å². The summed E-state index contributed by atoms with van der Waals surface area (Å²) >= 11 is 0. The fourth-order valence-electron chi connectivity index (χ4n) is 1.73. The summed E-state index contributed by atoms with van der Waals surface area (Å²) in [6.07, 6.45) is 0.784. The predicted octanol–water partition coefficient (Wildman–Crippen LogP) is 3.88. The van der Waals surface area contributed by atoms with Crippen molar-refractivity contribution < 1.29 is 9.53 Å². The van der Waals surface area contributed by atoms with Gasteiger partial charge in [0.15, 0.2) is 0 Å². The molecule has 0 aromatic heterocycles. The molecule has 1 rings (SSSR count). The van der Waals surface area contributed by atoms with Crippen LogP contribution in [0.15, 0.2) is 24.3 Å². The minimum absolute atomic E-state index is 0.301. The molecule has 1 amide bonds. The third-order valence-corrected chi connectivity index (χ3v) is 2.63. The summed E-state index contributed by atoms with van der Waals surface area (Å²) in [5.41, 5.74) is 1.71. The Bertz CT molecular complexity index is 438. The van der Waals surface area contributed by atoms with E-state index in [4.69, 9.17) is 4.74 Å². The highest BCUT2D eigenvalue weighted by molar-refractivity contribution is 5.67. The molecule has 4 nitrogen and oxygen atoms in total. The molecule has 0 aliphatic rings. The van der Waals surface area contributed by atoms with Crippen LogP contribution in [-0.2, 0) is 11.3 Å². The molecule has 0 bridgehead atoms. The Morgan fingerprint density at radius 1 is 1.35 bits per heavy atom. The molecule has 0 heterocycles. The van der Waals surface area contributed by atoms with Crippen molar-refractivity contribution in [1.82, 2.24) is 4.90 Å². The van der Waals surface area contributed by atoms with Gasteiger partial charge in [0.2, 0.25) is 0 Å². The van der Waals surface area contributed by atoms with Crippen LogP contribution in [-0.4, -0.2) is 30.2 Å². The van der Waals surface area contributed by atoms with Gasteiger partial charge in [-0.15, -0.1) is 0 Å². The maximum Gasteiger partial charge on any atom is 0.410 e. The van der Waals surface area contributed by atoms with E-state index < -0.39 is 5.60 Å². The minimum atomic E-state index is -0.462. The van der Waals surface area contributed by atoms with Gasteiger partial charge in [-0.3, -0.25) is 0 Å². The number of anilines is 1. The number of carbonyl (C=O) groups excluding carboxylic acids is 1. The summed E-state index contributed by atoms with van der Waals surface area (Å²) in [4.78, 5) is 13.5. The van der Waals surface area contributed by atoms with Gasteiger partial charge in [0.1, 0.15) is 5.60 Å².